The number of pyridine rings is 1. The Morgan fingerprint density at radius 1 is 1.43 bits per heavy atom. The van der Waals surface area contributed by atoms with Gasteiger partial charge in [0.1, 0.15) is 0 Å². The molecule has 0 aromatic carbocycles. The Labute approximate surface area is 115 Å². The van der Waals surface area contributed by atoms with Crippen molar-refractivity contribution in [3.63, 3.8) is 0 Å². The second-order valence-corrected chi connectivity index (χ2v) is 3.68. The Morgan fingerprint density at radius 3 is 2.52 bits per heavy atom. The SMILES string of the molecule is CCOC(=O)Cc1cc(OC(F)(F)F)c(O)c(C(F)F)n1. The van der Waals surface area contributed by atoms with Gasteiger partial charge in [-0.2, -0.15) is 0 Å². The van der Waals surface area contributed by atoms with Gasteiger partial charge in [-0.15, -0.1) is 13.2 Å². The van der Waals surface area contributed by atoms with Gasteiger partial charge >= 0.3 is 12.3 Å². The van der Waals surface area contributed by atoms with Crippen LogP contribution in [0.5, 0.6) is 11.5 Å². The highest BCUT2D eigenvalue weighted by molar-refractivity contribution is 5.72. The van der Waals surface area contributed by atoms with Gasteiger partial charge in [0.2, 0.25) is 0 Å². The standard InChI is InChI=1S/C11H10F5NO4/c1-2-20-7(18)4-5-3-6(21-11(14,15)16)9(19)8(17-5)10(12)13/h3,10,19H,2,4H2,1H3. The van der Waals surface area contributed by atoms with Gasteiger partial charge < -0.3 is 14.6 Å². The number of alkyl halides is 5. The molecule has 0 radical (unpaired) electrons. The maximum absolute atomic E-state index is 12.6. The molecule has 0 aliphatic rings. The summed E-state index contributed by atoms with van der Waals surface area (Å²) in [5.41, 5.74) is -1.75. The molecule has 1 N–H and O–H groups in total. The van der Waals surface area contributed by atoms with Crippen LogP contribution in [0.4, 0.5) is 22.0 Å². The molecule has 0 bridgehead atoms. The van der Waals surface area contributed by atoms with Crippen molar-refractivity contribution in [3.8, 4) is 11.5 Å². The van der Waals surface area contributed by atoms with Crippen molar-refractivity contribution in [2.45, 2.75) is 26.1 Å². The van der Waals surface area contributed by atoms with Crippen molar-refractivity contribution in [1.29, 1.82) is 0 Å². The van der Waals surface area contributed by atoms with Crippen LogP contribution in [0.2, 0.25) is 0 Å². The second-order valence-electron chi connectivity index (χ2n) is 3.68. The lowest BCUT2D eigenvalue weighted by Crippen LogP contribution is -2.18. The minimum Gasteiger partial charge on any atom is -0.503 e. The fraction of sp³-hybridized carbons (Fsp3) is 0.455. The third-order valence-corrected chi connectivity index (χ3v) is 2.10. The first-order chi connectivity index (χ1) is 9.64. The zero-order valence-electron chi connectivity index (χ0n) is 10.6. The zero-order chi connectivity index (χ0) is 16.2. The lowest BCUT2D eigenvalue weighted by Gasteiger charge is -2.14. The summed E-state index contributed by atoms with van der Waals surface area (Å²) >= 11 is 0. The zero-order valence-corrected chi connectivity index (χ0v) is 10.6. The average Bonchev–Trinajstić information content (AvgIpc) is 2.31. The van der Waals surface area contributed by atoms with Crippen LogP contribution in [-0.4, -0.2) is 29.0 Å². The van der Waals surface area contributed by atoms with E-state index in [-0.39, 0.29) is 6.61 Å². The van der Waals surface area contributed by atoms with Crippen LogP contribution in [0.15, 0.2) is 6.07 Å². The Kier molecular flexibility index (Phi) is 5.28. The first kappa shape index (κ1) is 16.9. The number of ether oxygens (including phenoxy) is 2. The minimum absolute atomic E-state index is 0.00449. The molecule has 1 rings (SSSR count). The molecule has 0 amide bonds. The third kappa shape index (κ3) is 5.04. The maximum Gasteiger partial charge on any atom is 0.573 e. The van der Waals surface area contributed by atoms with Gasteiger partial charge in [0.25, 0.3) is 6.43 Å². The first-order valence-corrected chi connectivity index (χ1v) is 5.56. The molecule has 118 valence electrons. The molecule has 0 fully saturated rings. The van der Waals surface area contributed by atoms with Crippen LogP contribution < -0.4 is 4.74 Å². The van der Waals surface area contributed by atoms with Crippen LogP contribution in [-0.2, 0) is 16.0 Å². The number of hydrogen-bond acceptors (Lipinski definition) is 5. The molecule has 0 saturated carbocycles. The van der Waals surface area contributed by atoms with Crippen LogP contribution in [0.25, 0.3) is 0 Å². The topological polar surface area (TPSA) is 68.7 Å². The summed E-state index contributed by atoms with van der Waals surface area (Å²) in [6.07, 6.45) is -9.18. The number of aromatic nitrogens is 1. The van der Waals surface area contributed by atoms with E-state index in [1.54, 1.807) is 0 Å². The predicted molar refractivity (Wildman–Crippen MR) is 57.9 cm³/mol. The molecule has 1 heterocycles. The number of halogens is 5. The molecular weight excluding hydrogens is 305 g/mol. The lowest BCUT2D eigenvalue weighted by molar-refractivity contribution is -0.275. The Morgan fingerprint density at radius 2 is 2.05 bits per heavy atom. The highest BCUT2D eigenvalue weighted by Gasteiger charge is 2.34. The quantitative estimate of drug-likeness (QED) is 0.668. The first-order valence-electron chi connectivity index (χ1n) is 5.56. The van der Waals surface area contributed by atoms with Gasteiger partial charge in [0.15, 0.2) is 17.2 Å². The molecule has 0 aliphatic heterocycles. The Balaban J connectivity index is 3.17. The van der Waals surface area contributed by atoms with E-state index >= 15 is 0 Å². The van der Waals surface area contributed by atoms with Crippen LogP contribution in [0.1, 0.15) is 24.7 Å². The maximum atomic E-state index is 12.6. The van der Waals surface area contributed by atoms with Gasteiger partial charge in [-0.3, -0.25) is 4.79 Å². The smallest absolute Gasteiger partial charge is 0.503 e. The highest BCUT2D eigenvalue weighted by atomic mass is 19.4. The number of aromatic hydroxyl groups is 1. The molecule has 0 unspecified atom stereocenters. The summed E-state index contributed by atoms with van der Waals surface area (Å²) in [5, 5.41) is 9.30. The van der Waals surface area contributed by atoms with Crippen molar-refractivity contribution >= 4 is 5.97 Å². The second kappa shape index (κ2) is 6.55. The van der Waals surface area contributed by atoms with E-state index in [1.165, 1.54) is 6.92 Å². The third-order valence-electron chi connectivity index (χ3n) is 2.10. The molecule has 1 aromatic rings. The normalized spacial score (nSPS) is 11.6. The number of rotatable bonds is 5. The largest absolute Gasteiger partial charge is 0.573 e. The number of carbonyl (C=O) groups excluding carboxylic acids is 1. The van der Waals surface area contributed by atoms with E-state index in [9.17, 15) is 31.9 Å². The molecule has 1 aromatic heterocycles. The van der Waals surface area contributed by atoms with Crippen LogP contribution >= 0.6 is 0 Å². The van der Waals surface area contributed by atoms with Crippen molar-refractivity contribution < 1.29 is 41.3 Å². The van der Waals surface area contributed by atoms with E-state index < -0.39 is 48.1 Å². The minimum atomic E-state index is -5.20. The lowest BCUT2D eigenvalue weighted by atomic mass is 10.2. The van der Waals surface area contributed by atoms with Gasteiger partial charge in [0, 0.05) is 6.07 Å². The summed E-state index contributed by atoms with van der Waals surface area (Å²) in [4.78, 5) is 14.4. The Hall–Kier alpha value is -2.13. The predicted octanol–water partition coefficient (Wildman–Crippen LogP) is 2.73. The van der Waals surface area contributed by atoms with E-state index in [0.29, 0.717) is 6.07 Å². The number of hydrogen-bond donors (Lipinski definition) is 1. The number of esters is 1. The monoisotopic (exact) mass is 315 g/mol. The molecule has 21 heavy (non-hydrogen) atoms. The number of nitrogens with zero attached hydrogens (tertiary/aromatic N) is 1. The summed E-state index contributed by atoms with van der Waals surface area (Å²) < 4.78 is 69.6. The van der Waals surface area contributed by atoms with Gasteiger partial charge in [0.05, 0.1) is 18.7 Å². The van der Waals surface area contributed by atoms with Gasteiger partial charge in [-0.1, -0.05) is 0 Å². The van der Waals surface area contributed by atoms with Crippen molar-refractivity contribution in [2.24, 2.45) is 0 Å². The summed E-state index contributed by atoms with van der Waals surface area (Å²) in [7, 11) is 0. The Bertz CT molecular complexity index is 518. The molecule has 0 spiro atoms. The van der Waals surface area contributed by atoms with Gasteiger partial charge in [-0.25, -0.2) is 13.8 Å². The van der Waals surface area contributed by atoms with E-state index in [2.05, 4.69) is 14.5 Å². The molecular formula is C11H10F5NO4. The van der Waals surface area contributed by atoms with E-state index in [0.717, 1.165) is 0 Å². The van der Waals surface area contributed by atoms with Crippen molar-refractivity contribution in [3.05, 3.63) is 17.5 Å². The summed E-state index contributed by atoms with van der Waals surface area (Å²) in [6, 6.07) is 0.547. The summed E-state index contributed by atoms with van der Waals surface area (Å²) in [5.74, 6) is -3.56. The van der Waals surface area contributed by atoms with E-state index in [1.807, 2.05) is 0 Å². The molecule has 0 atom stereocenters. The van der Waals surface area contributed by atoms with Crippen LogP contribution in [0, 0.1) is 0 Å². The van der Waals surface area contributed by atoms with E-state index in [4.69, 9.17) is 0 Å². The molecule has 0 aliphatic carbocycles. The molecule has 5 nitrogen and oxygen atoms in total. The van der Waals surface area contributed by atoms with Crippen molar-refractivity contribution in [1.82, 2.24) is 4.98 Å². The molecule has 0 saturated heterocycles. The fourth-order valence-corrected chi connectivity index (χ4v) is 1.39. The van der Waals surface area contributed by atoms with Crippen LogP contribution in [0.3, 0.4) is 0 Å². The summed E-state index contributed by atoms with van der Waals surface area (Å²) in [6.45, 7) is 1.50. The van der Waals surface area contributed by atoms with Crippen molar-refractivity contribution in [2.75, 3.05) is 6.61 Å². The highest BCUT2D eigenvalue weighted by Crippen LogP contribution is 2.38. The number of carbonyl (C=O) groups is 1. The fourth-order valence-electron chi connectivity index (χ4n) is 1.39. The van der Waals surface area contributed by atoms with Gasteiger partial charge in [-0.05, 0) is 6.92 Å². The molecule has 10 heteroatoms. The average molecular weight is 315 g/mol.